The van der Waals surface area contributed by atoms with E-state index >= 15 is 0 Å². The summed E-state index contributed by atoms with van der Waals surface area (Å²) in [6.07, 6.45) is 0.524. The molecule has 0 radical (unpaired) electrons. The quantitative estimate of drug-likeness (QED) is 0.704. The van der Waals surface area contributed by atoms with Crippen molar-refractivity contribution in [3.63, 3.8) is 0 Å². The number of benzene rings is 2. The zero-order valence-corrected chi connectivity index (χ0v) is 18.1. The van der Waals surface area contributed by atoms with Crippen LogP contribution in [-0.4, -0.2) is 52.0 Å². The number of nitrogens with one attached hydrogen (secondary N) is 2. The van der Waals surface area contributed by atoms with Gasteiger partial charge in [-0.05, 0) is 49.2 Å². The molecule has 166 valence electrons. The van der Waals surface area contributed by atoms with Crippen LogP contribution in [0.5, 0.6) is 5.75 Å². The van der Waals surface area contributed by atoms with Gasteiger partial charge in [0.05, 0.1) is 30.7 Å². The van der Waals surface area contributed by atoms with Crippen molar-refractivity contribution in [3.8, 4) is 5.75 Å². The van der Waals surface area contributed by atoms with Crippen molar-refractivity contribution in [1.29, 1.82) is 0 Å². The van der Waals surface area contributed by atoms with Crippen molar-refractivity contribution in [2.75, 3.05) is 37.9 Å². The minimum atomic E-state index is -3.78. The van der Waals surface area contributed by atoms with Crippen molar-refractivity contribution in [2.24, 2.45) is 5.92 Å². The normalized spacial score (nSPS) is 16.9. The van der Waals surface area contributed by atoms with Crippen LogP contribution in [0, 0.1) is 5.92 Å². The van der Waals surface area contributed by atoms with E-state index in [9.17, 15) is 18.0 Å². The second-order valence-corrected chi connectivity index (χ2v) is 8.97. The molecule has 1 aliphatic heterocycles. The van der Waals surface area contributed by atoms with Gasteiger partial charge in [0.15, 0.2) is 0 Å². The molecule has 1 aliphatic rings. The third kappa shape index (κ3) is 5.33. The number of ether oxygens (including phenoxy) is 2. The van der Waals surface area contributed by atoms with E-state index in [1.807, 2.05) is 0 Å². The lowest BCUT2D eigenvalue weighted by Gasteiger charge is -2.31. The molecular weight excluding hydrogens is 422 g/mol. The molecule has 1 fully saturated rings. The Labute approximate surface area is 181 Å². The molecule has 1 saturated heterocycles. The van der Waals surface area contributed by atoms with E-state index in [1.165, 1.54) is 42.8 Å². The summed E-state index contributed by atoms with van der Waals surface area (Å²) in [5, 5.41) is 5.31. The number of methoxy groups -OCH3 is 2. The zero-order valence-electron chi connectivity index (χ0n) is 17.3. The summed E-state index contributed by atoms with van der Waals surface area (Å²) in [6.45, 7) is 0.425. The Hall–Kier alpha value is -3.11. The summed E-state index contributed by atoms with van der Waals surface area (Å²) in [5.74, 6) is -0.187. The average Bonchev–Trinajstić information content (AvgIpc) is 2.79. The van der Waals surface area contributed by atoms with E-state index in [0.717, 1.165) is 0 Å². The molecule has 2 aromatic rings. The Balaban J connectivity index is 1.70. The van der Waals surface area contributed by atoms with Gasteiger partial charge >= 0.3 is 6.09 Å². The van der Waals surface area contributed by atoms with Gasteiger partial charge in [0, 0.05) is 18.8 Å². The van der Waals surface area contributed by atoms with Crippen molar-refractivity contribution in [2.45, 2.75) is 17.7 Å². The Morgan fingerprint density at radius 3 is 2.42 bits per heavy atom. The van der Waals surface area contributed by atoms with Crippen molar-refractivity contribution >= 4 is 33.4 Å². The molecule has 1 heterocycles. The molecule has 9 nitrogen and oxygen atoms in total. The molecular formula is C21H25N3O6S. The number of para-hydroxylation sites is 2. The van der Waals surface area contributed by atoms with Gasteiger partial charge in [-0.25, -0.2) is 13.2 Å². The van der Waals surface area contributed by atoms with Crippen molar-refractivity contribution in [3.05, 3.63) is 48.5 Å². The highest BCUT2D eigenvalue weighted by Crippen LogP contribution is 2.28. The van der Waals surface area contributed by atoms with Gasteiger partial charge in [-0.2, -0.15) is 4.31 Å². The standard InChI is InChI=1S/C21H25N3O6S/c1-29-19-8-4-3-7-18(19)23-20(25)15-6-5-13-24(14-15)31(27,28)17-11-9-16(10-12-17)22-21(26)30-2/h3-4,7-12,15H,5-6,13-14H2,1-2H3,(H,22,26)(H,23,25). The second-order valence-electron chi connectivity index (χ2n) is 7.03. The first-order valence-corrected chi connectivity index (χ1v) is 11.2. The fourth-order valence-corrected chi connectivity index (χ4v) is 4.91. The number of hydrogen-bond donors (Lipinski definition) is 2. The van der Waals surface area contributed by atoms with Crippen LogP contribution in [0.4, 0.5) is 16.2 Å². The summed E-state index contributed by atoms with van der Waals surface area (Å²) in [5.41, 5.74) is 0.960. The van der Waals surface area contributed by atoms with Gasteiger partial charge in [0.25, 0.3) is 0 Å². The molecule has 1 unspecified atom stereocenters. The lowest BCUT2D eigenvalue weighted by Crippen LogP contribution is -2.43. The molecule has 0 saturated carbocycles. The van der Waals surface area contributed by atoms with Gasteiger partial charge < -0.3 is 14.8 Å². The number of nitrogens with zero attached hydrogens (tertiary/aromatic N) is 1. The summed E-state index contributed by atoms with van der Waals surface area (Å²) >= 11 is 0. The maximum Gasteiger partial charge on any atom is 0.411 e. The number of rotatable bonds is 6. The number of carbonyl (C=O) groups excluding carboxylic acids is 2. The van der Waals surface area contributed by atoms with Crippen LogP contribution in [0.3, 0.4) is 0 Å². The molecule has 2 aromatic carbocycles. The maximum absolute atomic E-state index is 13.1. The molecule has 0 aromatic heterocycles. The Kier molecular flexibility index (Phi) is 7.13. The van der Waals surface area contributed by atoms with E-state index in [0.29, 0.717) is 36.5 Å². The topological polar surface area (TPSA) is 114 Å². The Morgan fingerprint density at radius 1 is 1.03 bits per heavy atom. The smallest absolute Gasteiger partial charge is 0.411 e. The SMILES string of the molecule is COC(=O)Nc1ccc(S(=O)(=O)N2CCCC(C(=O)Nc3ccccc3OC)C2)cc1. The predicted octanol–water partition coefficient (Wildman–Crippen LogP) is 2.91. The minimum Gasteiger partial charge on any atom is -0.495 e. The highest BCUT2D eigenvalue weighted by Gasteiger charge is 2.33. The van der Waals surface area contributed by atoms with Crippen LogP contribution in [-0.2, 0) is 19.6 Å². The van der Waals surface area contributed by atoms with Gasteiger partial charge in [-0.3, -0.25) is 10.1 Å². The third-order valence-corrected chi connectivity index (χ3v) is 6.92. The van der Waals surface area contributed by atoms with Gasteiger partial charge in [0.1, 0.15) is 5.75 Å². The molecule has 0 aliphatic carbocycles. The number of anilines is 2. The van der Waals surface area contributed by atoms with Crippen LogP contribution >= 0.6 is 0 Å². The highest BCUT2D eigenvalue weighted by atomic mass is 32.2. The first kappa shape index (κ1) is 22.6. The first-order chi connectivity index (χ1) is 14.8. The van der Waals surface area contributed by atoms with E-state index < -0.39 is 22.0 Å². The van der Waals surface area contributed by atoms with Crippen LogP contribution in [0.1, 0.15) is 12.8 Å². The minimum absolute atomic E-state index is 0.0888. The number of hydrogen-bond acceptors (Lipinski definition) is 6. The van der Waals surface area contributed by atoms with E-state index in [1.54, 1.807) is 24.3 Å². The van der Waals surface area contributed by atoms with Crippen LogP contribution in [0.25, 0.3) is 0 Å². The molecule has 0 bridgehead atoms. The zero-order chi connectivity index (χ0) is 22.4. The second kappa shape index (κ2) is 9.80. The van der Waals surface area contributed by atoms with Crippen molar-refractivity contribution < 1.29 is 27.5 Å². The van der Waals surface area contributed by atoms with E-state index in [-0.39, 0.29) is 17.3 Å². The van der Waals surface area contributed by atoms with E-state index in [4.69, 9.17) is 4.74 Å². The molecule has 0 spiro atoms. The molecule has 10 heteroatoms. The predicted molar refractivity (Wildman–Crippen MR) is 116 cm³/mol. The summed E-state index contributed by atoms with van der Waals surface area (Å²) in [4.78, 5) is 24.1. The summed E-state index contributed by atoms with van der Waals surface area (Å²) in [6, 6.07) is 12.9. The number of sulfonamides is 1. The van der Waals surface area contributed by atoms with E-state index in [2.05, 4.69) is 15.4 Å². The number of piperidine rings is 1. The van der Waals surface area contributed by atoms with Crippen molar-refractivity contribution in [1.82, 2.24) is 4.31 Å². The molecule has 2 N–H and O–H groups in total. The first-order valence-electron chi connectivity index (χ1n) is 9.74. The molecule has 31 heavy (non-hydrogen) atoms. The lowest BCUT2D eigenvalue weighted by atomic mass is 9.98. The third-order valence-electron chi connectivity index (χ3n) is 5.04. The largest absolute Gasteiger partial charge is 0.495 e. The van der Waals surface area contributed by atoms with Gasteiger partial charge in [0.2, 0.25) is 15.9 Å². The van der Waals surface area contributed by atoms with Crippen LogP contribution in [0.2, 0.25) is 0 Å². The van der Waals surface area contributed by atoms with Crippen LogP contribution < -0.4 is 15.4 Å². The Bertz CT molecular complexity index is 1040. The van der Waals surface area contributed by atoms with Gasteiger partial charge in [-0.15, -0.1) is 0 Å². The molecule has 2 amide bonds. The lowest BCUT2D eigenvalue weighted by molar-refractivity contribution is -0.120. The van der Waals surface area contributed by atoms with Gasteiger partial charge in [-0.1, -0.05) is 12.1 Å². The summed E-state index contributed by atoms with van der Waals surface area (Å²) in [7, 11) is -1.02. The number of carbonyl (C=O) groups is 2. The molecule has 1 atom stereocenters. The highest BCUT2D eigenvalue weighted by molar-refractivity contribution is 7.89. The monoisotopic (exact) mass is 447 g/mol. The fraction of sp³-hybridized carbons (Fsp3) is 0.333. The Morgan fingerprint density at radius 2 is 1.74 bits per heavy atom. The number of amides is 2. The average molecular weight is 448 g/mol. The summed E-state index contributed by atoms with van der Waals surface area (Å²) < 4.78 is 37.2. The fourth-order valence-electron chi connectivity index (χ4n) is 3.39. The maximum atomic E-state index is 13.1. The van der Waals surface area contributed by atoms with Crippen LogP contribution in [0.15, 0.2) is 53.4 Å². The molecule has 3 rings (SSSR count).